The van der Waals surface area contributed by atoms with Crippen LogP contribution in [0.25, 0.3) is 0 Å². The lowest BCUT2D eigenvalue weighted by Gasteiger charge is -2.36. The van der Waals surface area contributed by atoms with Gasteiger partial charge in [0.2, 0.25) is 0 Å². The second-order valence-electron chi connectivity index (χ2n) is 5.15. The van der Waals surface area contributed by atoms with Gasteiger partial charge < -0.3 is 4.90 Å². The van der Waals surface area contributed by atoms with E-state index in [2.05, 4.69) is 43.6 Å². The third-order valence-electron chi connectivity index (χ3n) is 3.04. The van der Waals surface area contributed by atoms with E-state index in [4.69, 9.17) is 5.26 Å². The van der Waals surface area contributed by atoms with Gasteiger partial charge in [-0.1, -0.05) is 26.8 Å². The molecule has 3 nitrogen and oxygen atoms in total. The fourth-order valence-electron chi connectivity index (χ4n) is 1.46. The lowest BCUT2D eigenvalue weighted by atomic mass is 9.87. The Morgan fingerprint density at radius 3 is 2.50 bits per heavy atom. The Kier molecular flexibility index (Phi) is 3.54. The summed E-state index contributed by atoms with van der Waals surface area (Å²) in [7, 11) is 2.01. The summed E-state index contributed by atoms with van der Waals surface area (Å²) in [5, 5.41) is 8.81. The van der Waals surface area contributed by atoms with Gasteiger partial charge in [0.1, 0.15) is 17.6 Å². The van der Waals surface area contributed by atoms with Crippen LogP contribution < -0.4 is 4.90 Å². The van der Waals surface area contributed by atoms with Crippen LogP contribution in [0.3, 0.4) is 0 Å². The lowest BCUT2D eigenvalue weighted by molar-refractivity contribution is 0.328. The molecule has 0 aliphatic rings. The molecular formula is C13H19N3. The molecule has 16 heavy (non-hydrogen) atoms. The molecule has 0 saturated carbocycles. The average Bonchev–Trinajstić information content (AvgIpc) is 2.26. The lowest BCUT2D eigenvalue weighted by Crippen LogP contribution is -2.39. The minimum Gasteiger partial charge on any atom is -0.356 e. The molecule has 0 saturated heterocycles. The summed E-state index contributed by atoms with van der Waals surface area (Å²) in [6.07, 6.45) is 0. The summed E-state index contributed by atoms with van der Waals surface area (Å²) < 4.78 is 0. The molecule has 0 N–H and O–H groups in total. The van der Waals surface area contributed by atoms with Gasteiger partial charge >= 0.3 is 0 Å². The molecule has 1 aromatic heterocycles. The normalized spacial score (nSPS) is 13.0. The zero-order valence-electron chi connectivity index (χ0n) is 10.7. The topological polar surface area (TPSA) is 39.9 Å². The standard InChI is InChI=1S/C13H19N3/c1-10(13(2,3)4)16(5)12-8-6-7-11(9-14)15-12/h6-8,10H,1-5H3. The van der Waals surface area contributed by atoms with E-state index in [9.17, 15) is 0 Å². The van der Waals surface area contributed by atoms with Crippen LogP contribution in [0.1, 0.15) is 33.4 Å². The van der Waals surface area contributed by atoms with Crippen LogP contribution in [-0.2, 0) is 0 Å². The third kappa shape index (κ3) is 2.73. The molecule has 0 aliphatic carbocycles. The highest BCUT2D eigenvalue weighted by Gasteiger charge is 2.24. The van der Waals surface area contributed by atoms with Gasteiger partial charge in [-0.25, -0.2) is 4.98 Å². The van der Waals surface area contributed by atoms with Crippen molar-refractivity contribution in [3.05, 3.63) is 23.9 Å². The van der Waals surface area contributed by atoms with Crippen molar-refractivity contribution in [1.29, 1.82) is 5.26 Å². The van der Waals surface area contributed by atoms with Crippen molar-refractivity contribution in [2.24, 2.45) is 5.41 Å². The van der Waals surface area contributed by atoms with Crippen molar-refractivity contribution >= 4 is 5.82 Å². The molecule has 0 bridgehead atoms. The summed E-state index contributed by atoms with van der Waals surface area (Å²) in [5.74, 6) is 0.849. The Labute approximate surface area is 97.7 Å². The molecule has 1 aromatic rings. The molecule has 0 spiro atoms. The molecule has 0 aromatic carbocycles. The van der Waals surface area contributed by atoms with Gasteiger partial charge in [-0.2, -0.15) is 5.26 Å². The Bertz CT molecular complexity index is 398. The van der Waals surface area contributed by atoms with Gasteiger partial charge in [0.25, 0.3) is 0 Å². The number of hydrogen-bond donors (Lipinski definition) is 0. The molecule has 3 heteroatoms. The number of nitrogens with zero attached hydrogens (tertiary/aromatic N) is 3. The molecule has 0 fully saturated rings. The van der Waals surface area contributed by atoms with Crippen LogP contribution >= 0.6 is 0 Å². The van der Waals surface area contributed by atoms with Gasteiger partial charge in [-0.3, -0.25) is 0 Å². The average molecular weight is 217 g/mol. The van der Waals surface area contributed by atoms with Gasteiger partial charge in [-0.15, -0.1) is 0 Å². The quantitative estimate of drug-likeness (QED) is 0.764. The monoisotopic (exact) mass is 217 g/mol. The molecule has 86 valence electrons. The van der Waals surface area contributed by atoms with Crippen LogP contribution in [-0.4, -0.2) is 18.1 Å². The second kappa shape index (κ2) is 4.52. The molecule has 1 atom stereocenters. The van der Waals surface area contributed by atoms with Crippen LogP contribution in [0.15, 0.2) is 18.2 Å². The number of rotatable bonds is 2. The summed E-state index contributed by atoms with van der Waals surface area (Å²) in [6, 6.07) is 7.94. The van der Waals surface area contributed by atoms with Gasteiger partial charge in [0.15, 0.2) is 0 Å². The Morgan fingerprint density at radius 1 is 1.38 bits per heavy atom. The first-order valence-electron chi connectivity index (χ1n) is 5.46. The minimum atomic E-state index is 0.180. The number of nitriles is 1. The summed E-state index contributed by atoms with van der Waals surface area (Å²) in [6.45, 7) is 8.76. The number of aromatic nitrogens is 1. The predicted molar refractivity (Wildman–Crippen MR) is 66.3 cm³/mol. The number of pyridine rings is 1. The van der Waals surface area contributed by atoms with Crippen molar-refractivity contribution in [3.8, 4) is 6.07 Å². The van der Waals surface area contributed by atoms with Crippen molar-refractivity contribution in [2.75, 3.05) is 11.9 Å². The van der Waals surface area contributed by atoms with E-state index in [1.807, 2.05) is 19.2 Å². The largest absolute Gasteiger partial charge is 0.356 e. The molecule has 0 aliphatic heterocycles. The summed E-state index contributed by atoms with van der Waals surface area (Å²) >= 11 is 0. The van der Waals surface area contributed by atoms with E-state index >= 15 is 0 Å². The van der Waals surface area contributed by atoms with Crippen molar-refractivity contribution < 1.29 is 0 Å². The van der Waals surface area contributed by atoms with E-state index in [1.54, 1.807) is 6.07 Å². The SMILES string of the molecule is CC(N(C)c1cccc(C#N)n1)C(C)(C)C. The molecule has 1 unspecified atom stereocenters. The maximum atomic E-state index is 8.81. The highest BCUT2D eigenvalue weighted by molar-refractivity contribution is 5.42. The van der Waals surface area contributed by atoms with E-state index in [0.717, 1.165) is 5.82 Å². The highest BCUT2D eigenvalue weighted by atomic mass is 15.2. The summed E-state index contributed by atoms with van der Waals surface area (Å²) in [5.41, 5.74) is 0.643. The van der Waals surface area contributed by atoms with Gasteiger partial charge in [0, 0.05) is 13.1 Å². The molecule has 0 amide bonds. The molecular weight excluding hydrogens is 198 g/mol. The Hall–Kier alpha value is -1.56. The van der Waals surface area contributed by atoms with E-state index in [-0.39, 0.29) is 5.41 Å². The second-order valence-corrected chi connectivity index (χ2v) is 5.15. The predicted octanol–water partition coefficient (Wildman–Crippen LogP) is 2.82. The first-order chi connectivity index (χ1) is 7.36. The van der Waals surface area contributed by atoms with Crippen LogP contribution in [0.5, 0.6) is 0 Å². The number of hydrogen-bond acceptors (Lipinski definition) is 3. The minimum absolute atomic E-state index is 0.180. The van der Waals surface area contributed by atoms with Gasteiger partial charge in [0.05, 0.1) is 0 Å². The fraction of sp³-hybridized carbons (Fsp3) is 0.538. The number of anilines is 1. The van der Waals surface area contributed by atoms with Crippen molar-refractivity contribution in [1.82, 2.24) is 4.98 Å². The maximum Gasteiger partial charge on any atom is 0.142 e. The maximum absolute atomic E-state index is 8.81. The van der Waals surface area contributed by atoms with Crippen LogP contribution in [0.4, 0.5) is 5.82 Å². The van der Waals surface area contributed by atoms with Crippen LogP contribution in [0.2, 0.25) is 0 Å². The molecule has 1 heterocycles. The van der Waals surface area contributed by atoms with E-state index in [1.165, 1.54) is 0 Å². The molecule has 1 rings (SSSR count). The summed E-state index contributed by atoms with van der Waals surface area (Å²) in [4.78, 5) is 6.40. The zero-order chi connectivity index (χ0) is 12.3. The third-order valence-corrected chi connectivity index (χ3v) is 3.04. The molecule has 0 radical (unpaired) electrons. The van der Waals surface area contributed by atoms with Crippen molar-refractivity contribution in [3.63, 3.8) is 0 Å². The highest BCUT2D eigenvalue weighted by Crippen LogP contribution is 2.26. The van der Waals surface area contributed by atoms with Crippen LogP contribution in [0, 0.1) is 16.7 Å². The smallest absolute Gasteiger partial charge is 0.142 e. The van der Waals surface area contributed by atoms with Crippen molar-refractivity contribution in [2.45, 2.75) is 33.7 Å². The fourth-order valence-corrected chi connectivity index (χ4v) is 1.46. The van der Waals surface area contributed by atoms with E-state index in [0.29, 0.717) is 11.7 Å². The Morgan fingerprint density at radius 2 is 2.00 bits per heavy atom. The zero-order valence-corrected chi connectivity index (χ0v) is 10.7. The van der Waals surface area contributed by atoms with E-state index < -0.39 is 0 Å². The van der Waals surface area contributed by atoms with Gasteiger partial charge in [-0.05, 0) is 24.5 Å². The Balaban J connectivity index is 2.97. The first-order valence-corrected chi connectivity index (χ1v) is 5.46. The first kappa shape index (κ1) is 12.5.